The molecule has 0 aromatic heterocycles. The number of carboxylic acids is 1. The lowest BCUT2D eigenvalue weighted by Crippen LogP contribution is -2.22. The van der Waals surface area contributed by atoms with Crippen molar-refractivity contribution in [1.82, 2.24) is 4.90 Å². The van der Waals surface area contributed by atoms with Crippen LogP contribution >= 0.6 is 0 Å². The zero-order valence-corrected chi connectivity index (χ0v) is 13.4. The molecule has 0 spiro atoms. The summed E-state index contributed by atoms with van der Waals surface area (Å²) in [7, 11) is 3.27. The highest BCUT2D eigenvalue weighted by molar-refractivity contribution is 6.06. The van der Waals surface area contributed by atoms with Crippen molar-refractivity contribution in [2.45, 2.75) is 6.42 Å². The summed E-state index contributed by atoms with van der Waals surface area (Å²) in [5, 5.41) is 11.6. The summed E-state index contributed by atoms with van der Waals surface area (Å²) in [6.45, 7) is 0. The Morgan fingerprint density at radius 3 is 2.33 bits per heavy atom. The summed E-state index contributed by atoms with van der Waals surface area (Å²) in [5.74, 6) is -1.58. The Bertz CT molecular complexity index is 784. The van der Waals surface area contributed by atoms with Crippen LogP contribution in [0.25, 0.3) is 0 Å². The number of para-hydroxylation sites is 1. The zero-order chi connectivity index (χ0) is 17.7. The number of benzene rings is 2. The number of rotatable bonds is 5. The first-order valence-electron chi connectivity index (χ1n) is 7.31. The molecule has 2 rings (SSSR count). The highest BCUT2D eigenvalue weighted by atomic mass is 16.4. The van der Waals surface area contributed by atoms with Gasteiger partial charge in [0.15, 0.2) is 0 Å². The minimum Gasteiger partial charge on any atom is -0.481 e. The average molecular weight is 326 g/mol. The fourth-order valence-corrected chi connectivity index (χ4v) is 2.21. The highest BCUT2D eigenvalue weighted by Gasteiger charge is 2.14. The summed E-state index contributed by atoms with van der Waals surface area (Å²) in [6, 6.07) is 13.1. The standard InChI is InChI=1S/C18H18N2O4/c1-20(2)18(24)14-8-5-7-13(10-14)17(23)19-15-9-4-3-6-12(15)11-16(21)22/h3-10H,11H2,1-2H3,(H,19,23)(H,21,22). The first-order chi connectivity index (χ1) is 11.4. The summed E-state index contributed by atoms with van der Waals surface area (Å²) in [6.07, 6.45) is -0.185. The second-order valence-electron chi connectivity index (χ2n) is 5.46. The van der Waals surface area contributed by atoms with Crippen LogP contribution in [-0.4, -0.2) is 41.9 Å². The van der Waals surface area contributed by atoms with Crippen LogP contribution in [0.2, 0.25) is 0 Å². The van der Waals surface area contributed by atoms with Gasteiger partial charge in [-0.1, -0.05) is 24.3 Å². The molecule has 2 amide bonds. The second kappa shape index (κ2) is 7.41. The van der Waals surface area contributed by atoms with Crippen molar-refractivity contribution in [2.24, 2.45) is 0 Å². The minimum atomic E-state index is -0.977. The Labute approximate surface area is 139 Å². The van der Waals surface area contributed by atoms with Crippen molar-refractivity contribution >= 4 is 23.5 Å². The van der Waals surface area contributed by atoms with E-state index in [1.807, 2.05) is 0 Å². The first kappa shape index (κ1) is 17.2. The molecule has 0 aliphatic rings. The zero-order valence-electron chi connectivity index (χ0n) is 13.4. The lowest BCUT2D eigenvalue weighted by atomic mass is 10.1. The van der Waals surface area contributed by atoms with E-state index in [0.29, 0.717) is 22.4 Å². The van der Waals surface area contributed by atoms with E-state index in [9.17, 15) is 14.4 Å². The maximum absolute atomic E-state index is 12.4. The van der Waals surface area contributed by atoms with E-state index in [1.165, 1.54) is 11.0 Å². The van der Waals surface area contributed by atoms with E-state index in [-0.39, 0.29) is 12.3 Å². The summed E-state index contributed by atoms with van der Waals surface area (Å²) >= 11 is 0. The van der Waals surface area contributed by atoms with Crippen LogP contribution in [0, 0.1) is 0 Å². The second-order valence-corrected chi connectivity index (χ2v) is 5.46. The van der Waals surface area contributed by atoms with Gasteiger partial charge in [-0.15, -0.1) is 0 Å². The van der Waals surface area contributed by atoms with Crippen LogP contribution in [0.15, 0.2) is 48.5 Å². The van der Waals surface area contributed by atoms with Gasteiger partial charge in [-0.3, -0.25) is 14.4 Å². The highest BCUT2D eigenvalue weighted by Crippen LogP contribution is 2.17. The van der Waals surface area contributed by atoms with Gasteiger partial charge in [0, 0.05) is 30.9 Å². The van der Waals surface area contributed by atoms with Crippen LogP contribution in [0.5, 0.6) is 0 Å². The number of carbonyl (C=O) groups is 3. The average Bonchev–Trinajstić information content (AvgIpc) is 2.55. The molecule has 0 saturated carbocycles. The van der Waals surface area contributed by atoms with Crippen molar-refractivity contribution in [3.63, 3.8) is 0 Å². The Balaban J connectivity index is 2.23. The molecule has 2 aromatic carbocycles. The summed E-state index contributed by atoms with van der Waals surface area (Å²) < 4.78 is 0. The molecule has 0 bridgehead atoms. The van der Waals surface area contributed by atoms with Gasteiger partial charge >= 0.3 is 5.97 Å². The fraction of sp³-hybridized carbons (Fsp3) is 0.167. The predicted octanol–water partition coefficient (Wildman–Crippen LogP) is 2.27. The lowest BCUT2D eigenvalue weighted by molar-refractivity contribution is -0.136. The van der Waals surface area contributed by atoms with E-state index in [4.69, 9.17) is 5.11 Å². The Kier molecular flexibility index (Phi) is 5.31. The fourth-order valence-electron chi connectivity index (χ4n) is 2.21. The van der Waals surface area contributed by atoms with Crippen molar-refractivity contribution in [1.29, 1.82) is 0 Å². The normalized spacial score (nSPS) is 10.1. The van der Waals surface area contributed by atoms with Crippen molar-refractivity contribution in [2.75, 3.05) is 19.4 Å². The minimum absolute atomic E-state index is 0.185. The molecule has 0 atom stereocenters. The van der Waals surface area contributed by atoms with Crippen LogP contribution in [-0.2, 0) is 11.2 Å². The number of amides is 2. The molecule has 0 aliphatic carbocycles. The van der Waals surface area contributed by atoms with E-state index >= 15 is 0 Å². The molecule has 2 N–H and O–H groups in total. The number of nitrogens with one attached hydrogen (secondary N) is 1. The number of anilines is 1. The van der Waals surface area contributed by atoms with Crippen molar-refractivity contribution in [3.05, 3.63) is 65.2 Å². The first-order valence-corrected chi connectivity index (χ1v) is 7.31. The van der Waals surface area contributed by atoms with Gasteiger partial charge in [0.2, 0.25) is 0 Å². The van der Waals surface area contributed by atoms with Gasteiger partial charge in [-0.05, 0) is 29.8 Å². The van der Waals surface area contributed by atoms with Gasteiger partial charge < -0.3 is 15.3 Å². The third kappa shape index (κ3) is 4.19. The van der Waals surface area contributed by atoms with Crippen molar-refractivity contribution in [3.8, 4) is 0 Å². The molecular formula is C18H18N2O4. The van der Waals surface area contributed by atoms with Crippen LogP contribution < -0.4 is 5.32 Å². The largest absolute Gasteiger partial charge is 0.481 e. The summed E-state index contributed by atoms with van der Waals surface area (Å²) in [5.41, 5.74) is 1.69. The topological polar surface area (TPSA) is 86.7 Å². The van der Waals surface area contributed by atoms with Crippen LogP contribution in [0.4, 0.5) is 5.69 Å². The van der Waals surface area contributed by atoms with Gasteiger partial charge in [-0.25, -0.2) is 0 Å². The molecule has 0 saturated heterocycles. The maximum atomic E-state index is 12.4. The lowest BCUT2D eigenvalue weighted by Gasteiger charge is -2.12. The number of hydrogen-bond donors (Lipinski definition) is 2. The smallest absolute Gasteiger partial charge is 0.307 e. The molecule has 124 valence electrons. The number of aliphatic carboxylic acids is 1. The number of carbonyl (C=O) groups excluding carboxylic acids is 2. The monoisotopic (exact) mass is 326 g/mol. The van der Waals surface area contributed by atoms with Gasteiger partial charge in [0.25, 0.3) is 11.8 Å². The molecule has 0 heterocycles. The Morgan fingerprint density at radius 2 is 1.67 bits per heavy atom. The van der Waals surface area contributed by atoms with Crippen LogP contribution in [0.1, 0.15) is 26.3 Å². The van der Waals surface area contributed by atoms with Crippen LogP contribution in [0.3, 0.4) is 0 Å². The number of carboxylic acid groups (broad SMARTS) is 1. The SMILES string of the molecule is CN(C)C(=O)c1cccc(C(=O)Nc2ccccc2CC(=O)O)c1. The number of nitrogens with zero attached hydrogens (tertiary/aromatic N) is 1. The molecule has 0 unspecified atom stereocenters. The molecular weight excluding hydrogens is 308 g/mol. The molecule has 2 aromatic rings. The molecule has 0 fully saturated rings. The molecule has 6 nitrogen and oxygen atoms in total. The van der Waals surface area contributed by atoms with E-state index in [0.717, 1.165) is 0 Å². The van der Waals surface area contributed by atoms with E-state index in [1.54, 1.807) is 56.6 Å². The van der Waals surface area contributed by atoms with Crippen molar-refractivity contribution < 1.29 is 19.5 Å². The Hall–Kier alpha value is -3.15. The molecule has 24 heavy (non-hydrogen) atoms. The number of hydrogen-bond acceptors (Lipinski definition) is 3. The van der Waals surface area contributed by atoms with Gasteiger partial charge in [-0.2, -0.15) is 0 Å². The Morgan fingerprint density at radius 1 is 1.00 bits per heavy atom. The quantitative estimate of drug-likeness (QED) is 0.882. The summed E-state index contributed by atoms with van der Waals surface area (Å²) in [4.78, 5) is 36.7. The van der Waals surface area contributed by atoms with Gasteiger partial charge in [0.05, 0.1) is 6.42 Å². The molecule has 0 radical (unpaired) electrons. The predicted molar refractivity (Wildman–Crippen MR) is 90.2 cm³/mol. The maximum Gasteiger partial charge on any atom is 0.307 e. The van der Waals surface area contributed by atoms with E-state index in [2.05, 4.69) is 5.32 Å². The third-order valence-electron chi connectivity index (χ3n) is 3.39. The molecule has 0 aliphatic heterocycles. The molecule has 6 heteroatoms. The third-order valence-corrected chi connectivity index (χ3v) is 3.39. The van der Waals surface area contributed by atoms with Gasteiger partial charge in [0.1, 0.15) is 0 Å². The van der Waals surface area contributed by atoms with E-state index < -0.39 is 11.9 Å².